The standard InChI is InChI=1S/C14H19NO5S/c16-12-4-11(21(18,19)20)13(17)15(12)14-5-8-1-9(6-14)3-10(2-8)7-14/h8-11H,1-7H2,(H,18,19,20). The van der Waals surface area contributed by atoms with E-state index >= 15 is 0 Å². The van der Waals surface area contributed by atoms with E-state index in [1.54, 1.807) is 0 Å². The summed E-state index contributed by atoms with van der Waals surface area (Å²) >= 11 is 0. The van der Waals surface area contributed by atoms with E-state index in [9.17, 15) is 22.6 Å². The summed E-state index contributed by atoms with van der Waals surface area (Å²) in [6.07, 6.45) is 5.57. The van der Waals surface area contributed by atoms with Crippen LogP contribution in [0.5, 0.6) is 0 Å². The molecule has 0 aromatic carbocycles. The molecule has 0 aromatic rings. The quantitative estimate of drug-likeness (QED) is 0.606. The smallest absolute Gasteiger partial charge is 0.277 e. The summed E-state index contributed by atoms with van der Waals surface area (Å²) in [4.78, 5) is 26.0. The van der Waals surface area contributed by atoms with Crippen LogP contribution in [0, 0.1) is 17.8 Å². The van der Waals surface area contributed by atoms with Gasteiger partial charge in [-0.3, -0.25) is 19.0 Å². The molecule has 4 bridgehead atoms. The highest BCUT2D eigenvalue weighted by molar-refractivity contribution is 7.87. The van der Waals surface area contributed by atoms with Gasteiger partial charge >= 0.3 is 0 Å². The average Bonchev–Trinajstić information content (AvgIpc) is 2.63. The Morgan fingerprint density at radius 3 is 1.86 bits per heavy atom. The van der Waals surface area contributed by atoms with Crippen molar-refractivity contribution < 1.29 is 22.6 Å². The summed E-state index contributed by atoms with van der Waals surface area (Å²) in [5, 5.41) is -1.59. The van der Waals surface area contributed by atoms with Gasteiger partial charge in [0.15, 0.2) is 5.25 Å². The zero-order valence-electron chi connectivity index (χ0n) is 11.7. The second-order valence-corrected chi connectivity index (χ2v) is 9.02. The fourth-order valence-electron chi connectivity index (χ4n) is 5.67. The normalized spacial score (nSPS) is 45.7. The first-order valence-corrected chi connectivity index (χ1v) is 9.12. The minimum atomic E-state index is -4.50. The molecule has 2 amide bonds. The van der Waals surface area contributed by atoms with Gasteiger partial charge in [-0.25, -0.2) is 0 Å². The molecule has 5 rings (SSSR count). The lowest BCUT2D eigenvalue weighted by Gasteiger charge is -2.59. The Hall–Kier alpha value is -0.950. The third-order valence-corrected chi connectivity index (χ3v) is 7.03. The number of hydrogen-bond acceptors (Lipinski definition) is 4. The fourth-order valence-corrected chi connectivity index (χ4v) is 6.39. The summed E-state index contributed by atoms with van der Waals surface area (Å²) < 4.78 is 31.8. The third-order valence-electron chi connectivity index (χ3n) is 5.95. The van der Waals surface area contributed by atoms with Crippen LogP contribution in [0.3, 0.4) is 0 Å². The summed E-state index contributed by atoms with van der Waals surface area (Å²) in [7, 11) is -4.50. The maximum absolute atomic E-state index is 12.4. The van der Waals surface area contributed by atoms with E-state index in [1.165, 1.54) is 24.2 Å². The van der Waals surface area contributed by atoms with Crippen molar-refractivity contribution in [1.82, 2.24) is 4.90 Å². The number of imide groups is 1. The van der Waals surface area contributed by atoms with Gasteiger partial charge in [0.2, 0.25) is 5.91 Å². The molecule has 1 saturated heterocycles. The van der Waals surface area contributed by atoms with Gasteiger partial charge in [0, 0.05) is 0 Å². The van der Waals surface area contributed by atoms with Crippen LogP contribution in [0.1, 0.15) is 44.9 Å². The molecule has 1 N–H and O–H groups in total. The highest BCUT2D eigenvalue weighted by Crippen LogP contribution is 2.58. The van der Waals surface area contributed by atoms with E-state index < -0.39 is 39.1 Å². The molecule has 4 aliphatic carbocycles. The molecule has 5 aliphatic rings. The third kappa shape index (κ3) is 1.90. The minimum absolute atomic E-state index is 0.403. The molecule has 1 atom stereocenters. The van der Waals surface area contributed by atoms with E-state index in [4.69, 9.17) is 0 Å². The molecule has 116 valence electrons. The second-order valence-electron chi connectivity index (χ2n) is 7.42. The minimum Gasteiger partial charge on any atom is -0.285 e. The number of amides is 2. The van der Waals surface area contributed by atoms with Gasteiger partial charge in [0.1, 0.15) is 0 Å². The van der Waals surface area contributed by atoms with Crippen molar-refractivity contribution in [2.45, 2.75) is 55.7 Å². The Morgan fingerprint density at radius 1 is 1.00 bits per heavy atom. The van der Waals surface area contributed by atoms with Crippen LogP contribution in [0.4, 0.5) is 0 Å². The first-order valence-electron chi connectivity index (χ1n) is 7.62. The molecule has 1 unspecified atom stereocenters. The van der Waals surface area contributed by atoms with Crippen molar-refractivity contribution in [3.63, 3.8) is 0 Å². The molecular formula is C14H19NO5S. The van der Waals surface area contributed by atoms with Gasteiger partial charge in [-0.1, -0.05) is 0 Å². The van der Waals surface area contributed by atoms with Crippen LogP contribution in [0.2, 0.25) is 0 Å². The fraction of sp³-hybridized carbons (Fsp3) is 0.857. The van der Waals surface area contributed by atoms with Gasteiger partial charge in [-0.15, -0.1) is 0 Å². The molecule has 4 saturated carbocycles. The SMILES string of the molecule is O=C1CC(S(=O)(=O)O)C(=O)N1C12CC3CC(CC(C3)C1)C2. The van der Waals surface area contributed by atoms with Gasteiger partial charge in [0.25, 0.3) is 16.0 Å². The van der Waals surface area contributed by atoms with Gasteiger partial charge in [-0.2, -0.15) is 8.42 Å². The zero-order valence-corrected chi connectivity index (χ0v) is 12.5. The highest BCUT2D eigenvalue weighted by atomic mass is 32.2. The van der Waals surface area contributed by atoms with Crippen molar-refractivity contribution in [3.05, 3.63) is 0 Å². The van der Waals surface area contributed by atoms with Crippen LogP contribution in [-0.4, -0.2) is 40.5 Å². The Labute approximate surface area is 123 Å². The Balaban J connectivity index is 1.70. The number of rotatable bonds is 2. The van der Waals surface area contributed by atoms with Crippen LogP contribution < -0.4 is 0 Å². The van der Waals surface area contributed by atoms with Crippen molar-refractivity contribution in [1.29, 1.82) is 0 Å². The summed E-state index contributed by atoms with van der Waals surface area (Å²) in [5.41, 5.74) is -0.470. The van der Waals surface area contributed by atoms with Crippen molar-refractivity contribution in [2.75, 3.05) is 0 Å². The Kier molecular flexibility index (Phi) is 2.65. The topological polar surface area (TPSA) is 91.7 Å². The van der Waals surface area contributed by atoms with Crippen molar-refractivity contribution in [3.8, 4) is 0 Å². The Bertz CT molecular complexity index is 590. The molecule has 0 aromatic heterocycles. The molecule has 1 aliphatic heterocycles. The second kappa shape index (κ2) is 4.07. The maximum Gasteiger partial charge on any atom is 0.277 e. The first kappa shape index (κ1) is 13.7. The summed E-state index contributed by atoms with van der Waals surface area (Å²) in [6, 6.07) is 0. The summed E-state index contributed by atoms with van der Waals surface area (Å²) in [5.74, 6) is 0.541. The largest absolute Gasteiger partial charge is 0.285 e. The highest BCUT2D eigenvalue weighted by Gasteiger charge is 2.60. The number of carbonyl (C=O) groups excluding carboxylic acids is 2. The molecule has 6 nitrogen and oxygen atoms in total. The van der Waals surface area contributed by atoms with Crippen LogP contribution in [0.15, 0.2) is 0 Å². The van der Waals surface area contributed by atoms with Crippen LogP contribution in [-0.2, 0) is 19.7 Å². The zero-order chi connectivity index (χ0) is 15.0. The van der Waals surface area contributed by atoms with Crippen molar-refractivity contribution in [2.24, 2.45) is 17.8 Å². The lowest BCUT2D eigenvalue weighted by atomic mass is 9.52. The average molecular weight is 313 g/mol. The van der Waals surface area contributed by atoms with Crippen LogP contribution in [0.25, 0.3) is 0 Å². The van der Waals surface area contributed by atoms with E-state index in [-0.39, 0.29) is 0 Å². The Morgan fingerprint density at radius 2 is 1.48 bits per heavy atom. The van der Waals surface area contributed by atoms with Gasteiger partial charge in [0.05, 0.1) is 12.0 Å². The number of likely N-dealkylation sites (tertiary alicyclic amines) is 1. The lowest BCUT2D eigenvalue weighted by molar-refractivity contribution is -0.157. The molecule has 1 heterocycles. The monoisotopic (exact) mass is 313 g/mol. The molecular weight excluding hydrogens is 294 g/mol. The van der Waals surface area contributed by atoms with Gasteiger partial charge in [-0.05, 0) is 56.3 Å². The predicted molar refractivity (Wildman–Crippen MR) is 72.7 cm³/mol. The first-order chi connectivity index (χ1) is 9.78. The number of nitrogens with zero attached hydrogens (tertiary/aromatic N) is 1. The van der Waals surface area contributed by atoms with Crippen molar-refractivity contribution >= 4 is 21.9 Å². The molecule has 5 fully saturated rings. The van der Waals surface area contributed by atoms with E-state index in [2.05, 4.69) is 0 Å². The van der Waals surface area contributed by atoms with E-state index in [0.717, 1.165) is 19.3 Å². The molecule has 21 heavy (non-hydrogen) atoms. The molecule has 0 spiro atoms. The van der Waals surface area contributed by atoms with Gasteiger partial charge < -0.3 is 0 Å². The molecule has 7 heteroatoms. The molecule has 0 radical (unpaired) electrons. The van der Waals surface area contributed by atoms with Crippen LogP contribution >= 0.6 is 0 Å². The maximum atomic E-state index is 12.4. The predicted octanol–water partition coefficient (Wildman–Crippen LogP) is 0.970. The van der Waals surface area contributed by atoms with E-state index in [0.29, 0.717) is 17.8 Å². The van der Waals surface area contributed by atoms with E-state index in [1.807, 2.05) is 0 Å². The lowest BCUT2D eigenvalue weighted by Crippen LogP contribution is -2.62. The number of carbonyl (C=O) groups is 2. The number of hydrogen-bond donors (Lipinski definition) is 1. The summed E-state index contributed by atoms with van der Waals surface area (Å²) in [6.45, 7) is 0.